The van der Waals surface area contributed by atoms with E-state index < -0.39 is 0 Å². The molecule has 0 bridgehead atoms. The molecule has 0 atom stereocenters. The zero-order valence-corrected chi connectivity index (χ0v) is 12.1. The van der Waals surface area contributed by atoms with Gasteiger partial charge in [-0.25, -0.2) is 0 Å². The van der Waals surface area contributed by atoms with Gasteiger partial charge < -0.3 is 4.90 Å². The number of carbonyl (C=O) groups excluding carboxylic acids is 1. The quantitative estimate of drug-likeness (QED) is 0.931. The third-order valence-corrected chi connectivity index (χ3v) is 4.29. The molecule has 1 amide bonds. The Balaban J connectivity index is 1.96. The summed E-state index contributed by atoms with van der Waals surface area (Å²) in [6.07, 6.45) is 4.71. The van der Waals surface area contributed by atoms with Crippen molar-refractivity contribution in [1.29, 1.82) is 0 Å². The molecule has 1 fully saturated rings. The molecule has 1 aliphatic carbocycles. The van der Waals surface area contributed by atoms with Crippen molar-refractivity contribution >= 4 is 16.8 Å². The number of aromatic amines is 1. The first-order valence-electron chi connectivity index (χ1n) is 7.46. The number of H-pyrrole nitrogens is 1. The van der Waals surface area contributed by atoms with E-state index in [0.29, 0.717) is 11.7 Å². The van der Waals surface area contributed by atoms with Gasteiger partial charge in [0.1, 0.15) is 0 Å². The van der Waals surface area contributed by atoms with Crippen molar-refractivity contribution in [3.05, 3.63) is 29.5 Å². The maximum atomic E-state index is 12.8. The second-order valence-corrected chi connectivity index (χ2v) is 5.65. The average molecular weight is 271 g/mol. The first-order valence-corrected chi connectivity index (χ1v) is 7.46. The molecule has 106 valence electrons. The van der Waals surface area contributed by atoms with E-state index in [0.717, 1.165) is 35.9 Å². The third kappa shape index (κ3) is 2.19. The lowest BCUT2D eigenvalue weighted by Crippen LogP contribution is -2.38. The van der Waals surface area contributed by atoms with E-state index >= 15 is 0 Å². The minimum Gasteiger partial charge on any atom is -0.335 e. The molecule has 1 saturated carbocycles. The van der Waals surface area contributed by atoms with Crippen molar-refractivity contribution in [2.75, 3.05) is 6.54 Å². The van der Waals surface area contributed by atoms with E-state index in [9.17, 15) is 4.79 Å². The van der Waals surface area contributed by atoms with E-state index in [1.807, 2.05) is 30.0 Å². The highest BCUT2D eigenvalue weighted by Gasteiger charge is 2.28. The van der Waals surface area contributed by atoms with Crippen LogP contribution in [-0.2, 0) is 0 Å². The molecule has 20 heavy (non-hydrogen) atoms. The summed E-state index contributed by atoms with van der Waals surface area (Å²) in [5, 5.41) is 8.17. The Hall–Kier alpha value is -1.84. The number of nitrogens with zero attached hydrogens (tertiary/aromatic N) is 2. The van der Waals surface area contributed by atoms with Crippen LogP contribution in [-0.4, -0.2) is 33.6 Å². The zero-order chi connectivity index (χ0) is 14.1. The molecule has 1 N–H and O–H groups in total. The summed E-state index contributed by atoms with van der Waals surface area (Å²) in [7, 11) is 0. The number of amides is 1. The van der Waals surface area contributed by atoms with Gasteiger partial charge in [-0.1, -0.05) is 24.5 Å². The summed E-state index contributed by atoms with van der Waals surface area (Å²) in [5.41, 5.74) is 2.65. The minimum atomic E-state index is 0.0660. The van der Waals surface area contributed by atoms with Crippen LogP contribution in [0.15, 0.2) is 18.2 Å². The van der Waals surface area contributed by atoms with Crippen LogP contribution in [0.25, 0.3) is 10.9 Å². The molecular formula is C16H21N3O. The smallest absolute Gasteiger partial charge is 0.275 e. The number of nitrogens with one attached hydrogen (secondary N) is 1. The number of rotatable bonds is 3. The summed E-state index contributed by atoms with van der Waals surface area (Å²) < 4.78 is 0. The average Bonchev–Trinajstić information content (AvgIpc) is 3.08. The van der Waals surface area contributed by atoms with E-state index in [2.05, 4.69) is 17.1 Å². The fraction of sp³-hybridized carbons (Fsp3) is 0.500. The number of carbonyl (C=O) groups is 1. The lowest BCUT2D eigenvalue weighted by Gasteiger charge is -2.27. The summed E-state index contributed by atoms with van der Waals surface area (Å²) in [6, 6.07) is 6.45. The molecule has 1 aromatic heterocycles. The molecule has 0 saturated heterocycles. The van der Waals surface area contributed by atoms with E-state index in [-0.39, 0.29) is 5.91 Å². The molecule has 1 aliphatic rings. The van der Waals surface area contributed by atoms with E-state index in [1.54, 1.807) is 0 Å². The van der Waals surface area contributed by atoms with E-state index in [1.165, 1.54) is 12.8 Å². The molecule has 1 aromatic carbocycles. The van der Waals surface area contributed by atoms with Crippen LogP contribution in [0.4, 0.5) is 0 Å². The predicted molar refractivity (Wildman–Crippen MR) is 79.8 cm³/mol. The highest BCUT2D eigenvalue weighted by atomic mass is 16.2. The van der Waals surface area contributed by atoms with Crippen LogP contribution in [0.2, 0.25) is 0 Å². The van der Waals surface area contributed by atoms with Crippen molar-refractivity contribution < 1.29 is 4.79 Å². The maximum absolute atomic E-state index is 12.8. The van der Waals surface area contributed by atoms with Gasteiger partial charge >= 0.3 is 0 Å². The second-order valence-electron chi connectivity index (χ2n) is 5.65. The molecule has 0 radical (unpaired) electrons. The monoisotopic (exact) mass is 271 g/mol. The number of fused-ring (bicyclic) bond motifs is 1. The van der Waals surface area contributed by atoms with Gasteiger partial charge in [0, 0.05) is 18.0 Å². The van der Waals surface area contributed by atoms with Gasteiger partial charge in [0.2, 0.25) is 0 Å². The summed E-state index contributed by atoms with van der Waals surface area (Å²) in [6.45, 7) is 4.84. The Labute approximate surface area is 119 Å². The molecule has 0 aliphatic heterocycles. The predicted octanol–water partition coefficient (Wildman–Crippen LogP) is 3.28. The second kappa shape index (κ2) is 5.27. The molecule has 4 heteroatoms. The van der Waals surface area contributed by atoms with Crippen LogP contribution < -0.4 is 0 Å². The van der Waals surface area contributed by atoms with Crippen LogP contribution in [0.1, 0.15) is 48.7 Å². The molecule has 4 nitrogen and oxygen atoms in total. The molecule has 0 unspecified atom stereocenters. The lowest BCUT2D eigenvalue weighted by molar-refractivity contribution is 0.0689. The maximum Gasteiger partial charge on any atom is 0.275 e. The fourth-order valence-corrected chi connectivity index (χ4v) is 3.21. The lowest BCUT2D eigenvalue weighted by atomic mass is 10.1. The van der Waals surface area contributed by atoms with Crippen molar-refractivity contribution in [2.24, 2.45) is 0 Å². The van der Waals surface area contributed by atoms with Gasteiger partial charge in [0.25, 0.3) is 5.91 Å². The number of aromatic nitrogens is 2. The van der Waals surface area contributed by atoms with Crippen LogP contribution >= 0.6 is 0 Å². The Morgan fingerprint density at radius 2 is 2.15 bits per heavy atom. The largest absolute Gasteiger partial charge is 0.335 e. The number of hydrogen-bond donors (Lipinski definition) is 1. The van der Waals surface area contributed by atoms with E-state index in [4.69, 9.17) is 0 Å². The number of benzene rings is 1. The molecular weight excluding hydrogens is 250 g/mol. The first-order chi connectivity index (χ1) is 9.70. The number of aryl methyl sites for hydroxylation is 1. The summed E-state index contributed by atoms with van der Waals surface area (Å²) in [5.74, 6) is 0.0660. The van der Waals surface area contributed by atoms with Gasteiger partial charge in [-0.3, -0.25) is 9.89 Å². The van der Waals surface area contributed by atoms with Gasteiger partial charge in [-0.15, -0.1) is 0 Å². The van der Waals surface area contributed by atoms with Gasteiger partial charge in [-0.05, 0) is 38.8 Å². The standard InChI is InChI=1S/C16H21N3O/c1-3-19(12-6-4-5-7-12)16(20)15-13-10-11(2)8-9-14(13)17-18-15/h8-10,12H,3-7H2,1-2H3,(H,17,18). The van der Waals surface area contributed by atoms with Gasteiger partial charge in [-0.2, -0.15) is 5.10 Å². The van der Waals surface area contributed by atoms with Crippen molar-refractivity contribution in [3.8, 4) is 0 Å². The number of hydrogen-bond acceptors (Lipinski definition) is 2. The SMILES string of the molecule is CCN(C(=O)c1n[nH]c2ccc(C)cc12)C1CCCC1. The van der Waals surface area contributed by atoms with Crippen molar-refractivity contribution in [2.45, 2.75) is 45.6 Å². The molecule has 0 spiro atoms. The zero-order valence-electron chi connectivity index (χ0n) is 12.1. The highest BCUT2D eigenvalue weighted by molar-refractivity contribution is 6.04. The van der Waals surface area contributed by atoms with Gasteiger partial charge in [0.15, 0.2) is 5.69 Å². The van der Waals surface area contributed by atoms with Crippen molar-refractivity contribution in [3.63, 3.8) is 0 Å². The fourth-order valence-electron chi connectivity index (χ4n) is 3.21. The Kier molecular flexibility index (Phi) is 3.47. The summed E-state index contributed by atoms with van der Waals surface area (Å²) in [4.78, 5) is 14.8. The van der Waals surface area contributed by atoms with Crippen LogP contribution in [0.3, 0.4) is 0 Å². The highest BCUT2D eigenvalue weighted by Crippen LogP contribution is 2.26. The normalized spacial score (nSPS) is 15.9. The third-order valence-electron chi connectivity index (χ3n) is 4.29. The molecule has 2 aromatic rings. The Morgan fingerprint density at radius 3 is 2.85 bits per heavy atom. The molecule has 1 heterocycles. The topological polar surface area (TPSA) is 49.0 Å². The van der Waals surface area contributed by atoms with Crippen LogP contribution in [0.5, 0.6) is 0 Å². The van der Waals surface area contributed by atoms with Crippen LogP contribution in [0, 0.1) is 6.92 Å². The molecule has 3 rings (SSSR count). The van der Waals surface area contributed by atoms with Crippen molar-refractivity contribution in [1.82, 2.24) is 15.1 Å². The Bertz CT molecular complexity index is 626. The first kappa shape index (κ1) is 13.2. The summed E-state index contributed by atoms with van der Waals surface area (Å²) >= 11 is 0. The Morgan fingerprint density at radius 1 is 1.40 bits per heavy atom. The minimum absolute atomic E-state index is 0.0660. The van der Waals surface area contributed by atoms with Gasteiger partial charge in [0.05, 0.1) is 5.52 Å².